The zero-order chi connectivity index (χ0) is 12.8. The Morgan fingerprint density at radius 3 is 2.56 bits per heavy atom. The second-order valence-corrected chi connectivity index (χ2v) is 4.06. The fourth-order valence-electron chi connectivity index (χ4n) is 1.88. The molecule has 1 N–H and O–H groups in total. The first-order valence-corrected chi connectivity index (χ1v) is 6.13. The minimum Gasteiger partial charge on any atom is -0.488 e. The number of aromatic nitrogens is 1. The van der Waals surface area contributed by atoms with Gasteiger partial charge in [-0.1, -0.05) is 30.3 Å². The Balaban J connectivity index is 2.26. The zero-order valence-corrected chi connectivity index (χ0v) is 10.5. The molecule has 0 amide bonds. The summed E-state index contributed by atoms with van der Waals surface area (Å²) in [4.78, 5) is 0. The molecule has 0 spiro atoms. The van der Waals surface area contributed by atoms with Crippen LogP contribution in [0.5, 0.6) is 5.75 Å². The van der Waals surface area contributed by atoms with Crippen molar-refractivity contribution in [2.45, 2.75) is 20.1 Å². The second kappa shape index (κ2) is 6.17. The highest BCUT2D eigenvalue weighted by Gasteiger charge is 2.12. The maximum Gasteiger partial charge on any atom is 0.211 e. The quantitative estimate of drug-likeness (QED) is 0.815. The number of aliphatic hydroxyl groups excluding tert-OH is 1. The Kier molecular flexibility index (Phi) is 4.31. The van der Waals surface area contributed by atoms with Crippen molar-refractivity contribution in [3.8, 4) is 5.75 Å². The minimum absolute atomic E-state index is 0.0270. The van der Waals surface area contributed by atoms with Crippen LogP contribution in [0, 0.1) is 0 Å². The molecule has 94 valence electrons. The van der Waals surface area contributed by atoms with Crippen molar-refractivity contribution in [2.75, 3.05) is 6.61 Å². The van der Waals surface area contributed by atoms with Gasteiger partial charge in [0.1, 0.15) is 6.61 Å². The lowest BCUT2D eigenvalue weighted by Gasteiger charge is -2.05. The summed E-state index contributed by atoms with van der Waals surface area (Å²) in [7, 11) is 0. The van der Waals surface area contributed by atoms with E-state index in [1.54, 1.807) is 0 Å². The van der Waals surface area contributed by atoms with Crippen LogP contribution in [0.25, 0.3) is 0 Å². The molecule has 0 saturated heterocycles. The van der Waals surface area contributed by atoms with Crippen molar-refractivity contribution in [1.29, 1.82) is 0 Å². The SMILES string of the molecule is CCOc1ccc(CO)[n+](Cc2ccccc2)c1. The van der Waals surface area contributed by atoms with Crippen LogP contribution in [0.3, 0.4) is 0 Å². The highest BCUT2D eigenvalue weighted by atomic mass is 16.5. The van der Waals surface area contributed by atoms with E-state index < -0.39 is 0 Å². The first-order valence-electron chi connectivity index (χ1n) is 6.13. The Labute approximate surface area is 107 Å². The van der Waals surface area contributed by atoms with E-state index in [9.17, 15) is 5.11 Å². The fourth-order valence-corrected chi connectivity index (χ4v) is 1.88. The molecule has 0 atom stereocenters. The van der Waals surface area contributed by atoms with Crippen molar-refractivity contribution in [3.05, 3.63) is 59.9 Å². The summed E-state index contributed by atoms with van der Waals surface area (Å²) in [6.07, 6.45) is 1.93. The number of hydrogen-bond acceptors (Lipinski definition) is 2. The van der Waals surface area contributed by atoms with Crippen LogP contribution in [0.15, 0.2) is 48.7 Å². The largest absolute Gasteiger partial charge is 0.488 e. The molecule has 18 heavy (non-hydrogen) atoms. The molecule has 2 aromatic rings. The van der Waals surface area contributed by atoms with Gasteiger partial charge < -0.3 is 9.84 Å². The maximum atomic E-state index is 9.36. The van der Waals surface area contributed by atoms with Gasteiger partial charge in [0, 0.05) is 11.6 Å². The Hall–Kier alpha value is -1.87. The van der Waals surface area contributed by atoms with Crippen LogP contribution in [-0.4, -0.2) is 11.7 Å². The molecular formula is C15H18NO2+. The molecule has 0 bridgehead atoms. The van der Waals surface area contributed by atoms with E-state index in [1.807, 2.05) is 48.0 Å². The third-order valence-electron chi connectivity index (χ3n) is 2.76. The van der Waals surface area contributed by atoms with Gasteiger partial charge in [-0.25, -0.2) is 0 Å². The van der Waals surface area contributed by atoms with Gasteiger partial charge in [-0.3, -0.25) is 0 Å². The summed E-state index contributed by atoms with van der Waals surface area (Å²) < 4.78 is 7.50. The fraction of sp³-hybridized carbons (Fsp3) is 0.267. The van der Waals surface area contributed by atoms with Gasteiger partial charge in [0.25, 0.3) is 0 Å². The molecule has 1 heterocycles. The molecule has 0 aliphatic heterocycles. The number of hydrogen-bond donors (Lipinski definition) is 1. The molecule has 0 unspecified atom stereocenters. The number of rotatable bonds is 5. The van der Waals surface area contributed by atoms with Crippen molar-refractivity contribution < 1.29 is 14.4 Å². The van der Waals surface area contributed by atoms with Gasteiger partial charge in [0.05, 0.1) is 6.61 Å². The Morgan fingerprint density at radius 2 is 1.89 bits per heavy atom. The second-order valence-electron chi connectivity index (χ2n) is 4.06. The first-order chi connectivity index (χ1) is 8.83. The molecule has 3 heteroatoms. The van der Waals surface area contributed by atoms with Crippen LogP contribution in [0.2, 0.25) is 0 Å². The summed E-state index contributed by atoms with van der Waals surface area (Å²) in [5.41, 5.74) is 2.08. The van der Waals surface area contributed by atoms with Crippen LogP contribution in [0.4, 0.5) is 0 Å². The molecular weight excluding hydrogens is 226 g/mol. The lowest BCUT2D eigenvalue weighted by atomic mass is 10.2. The van der Waals surface area contributed by atoms with Crippen molar-refractivity contribution in [1.82, 2.24) is 0 Å². The lowest BCUT2D eigenvalue weighted by Crippen LogP contribution is -2.38. The third kappa shape index (κ3) is 3.08. The Morgan fingerprint density at radius 1 is 1.11 bits per heavy atom. The predicted octanol–water partition coefficient (Wildman–Crippen LogP) is 1.91. The molecule has 0 aliphatic rings. The molecule has 1 aromatic heterocycles. The van der Waals surface area contributed by atoms with E-state index in [0.29, 0.717) is 6.61 Å². The smallest absolute Gasteiger partial charge is 0.211 e. The van der Waals surface area contributed by atoms with Crippen LogP contribution in [0.1, 0.15) is 18.2 Å². The average Bonchev–Trinajstić information content (AvgIpc) is 2.41. The van der Waals surface area contributed by atoms with E-state index in [2.05, 4.69) is 12.1 Å². The summed E-state index contributed by atoms with van der Waals surface area (Å²) in [5, 5.41) is 9.36. The lowest BCUT2D eigenvalue weighted by molar-refractivity contribution is -0.697. The molecule has 0 saturated carbocycles. The van der Waals surface area contributed by atoms with E-state index in [-0.39, 0.29) is 6.61 Å². The van der Waals surface area contributed by atoms with E-state index >= 15 is 0 Å². The standard InChI is InChI=1S/C15H18NO2/c1-2-18-15-9-8-14(12-17)16(11-15)10-13-6-4-3-5-7-13/h3-9,11,17H,2,10,12H2,1H3/q+1. The maximum absolute atomic E-state index is 9.36. The highest BCUT2D eigenvalue weighted by molar-refractivity contribution is 5.17. The van der Waals surface area contributed by atoms with Crippen molar-refractivity contribution in [2.24, 2.45) is 0 Å². The van der Waals surface area contributed by atoms with E-state index in [1.165, 1.54) is 5.56 Å². The molecule has 0 radical (unpaired) electrons. The van der Waals surface area contributed by atoms with Gasteiger partial charge in [-0.15, -0.1) is 0 Å². The van der Waals surface area contributed by atoms with Crippen LogP contribution in [-0.2, 0) is 13.2 Å². The highest BCUT2D eigenvalue weighted by Crippen LogP contribution is 2.09. The van der Waals surface area contributed by atoms with Gasteiger partial charge in [-0.05, 0) is 13.0 Å². The van der Waals surface area contributed by atoms with E-state index in [0.717, 1.165) is 18.0 Å². The minimum atomic E-state index is 0.0270. The van der Waals surface area contributed by atoms with E-state index in [4.69, 9.17) is 4.74 Å². The molecule has 3 nitrogen and oxygen atoms in total. The number of ether oxygens (including phenoxy) is 1. The van der Waals surface area contributed by atoms with Gasteiger partial charge in [0.15, 0.2) is 12.3 Å². The predicted molar refractivity (Wildman–Crippen MR) is 69.3 cm³/mol. The first kappa shape index (κ1) is 12.6. The summed E-state index contributed by atoms with van der Waals surface area (Å²) in [6.45, 7) is 3.36. The van der Waals surface area contributed by atoms with Crippen LogP contribution >= 0.6 is 0 Å². The normalized spacial score (nSPS) is 10.3. The number of aliphatic hydroxyl groups is 1. The third-order valence-corrected chi connectivity index (χ3v) is 2.76. The Bertz CT molecular complexity index is 497. The molecule has 1 aromatic carbocycles. The number of nitrogens with zero attached hydrogens (tertiary/aromatic N) is 1. The summed E-state index contributed by atoms with van der Waals surface area (Å²) in [6, 6.07) is 14.0. The number of benzene rings is 1. The number of pyridine rings is 1. The summed E-state index contributed by atoms with van der Waals surface area (Å²) in [5.74, 6) is 0.825. The van der Waals surface area contributed by atoms with Crippen molar-refractivity contribution in [3.63, 3.8) is 0 Å². The summed E-state index contributed by atoms with van der Waals surface area (Å²) >= 11 is 0. The molecule has 0 fully saturated rings. The topological polar surface area (TPSA) is 33.3 Å². The molecule has 2 rings (SSSR count). The zero-order valence-electron chi connectivity index (χ0n) is 10.5. The van der Waals surface area contributed by atoms with Gasteiger partial charge >= 0.3 is 0 Å². The van der Waals surface area contributed by atoms with Gasteiger partial charge in [-0.2, -0.15) is 4.57 Å². The average molecular weight is 244 g/mol. The molecule has 0 aliphatic carbocycles. The van der Waals surface area contributed by atoms with Crippen LogP contribution < -0.4 is 9.30 Å². The van der Waals surface area contributed by atoms with Gasteiger partial charge in [0.2, 0.25) is 11.9 Å². The monoisotopic (exact) mass is 244 g/mol. The van der Waals surface area contributed by atoms with Crippen molar-refractivity contribution >= 4 is 0 Å².